The van der Waals surface area contributed by atoms with Crippen LogP contribution in [-0.2, 0) is 12.0 Å². The summed E-state index contributed by atoms with van der Waals surface area (Å²) < 4.78 is 57.1. The summed E-state index contributed by atoms with van der Waals surface area (Å²) in [6.45, 7) is 7.27. The number of amides is 2. The van der Waals surface area contributed by atoms with Crippen molar-refractivity contribution >= 4 is 17.4 Å². The lowest BCUT2D eigenvalue weighted by atomic mass is 9.66. The highest BCUT2D eigenvalue weighted by atomic mass is 32.1. The molecule has 3 rings (SSSR count). The Bertz CT molecular complexity index is 991. The normalized spacial score (nSPS) is 21.7. The van der Waals surface area contributed by atoms with Gasteiger partial charge in [-0.3, -0.25) is 9.88 Å². The number of thiophene rings is 1. The van der Waals surface area contributed by atoms with Crippen molar-refractivity contribution < 1.29 is 22.4 Å². The zero-order chi connectivity index (χ0) is 24.7. The summed E-state index contributed by atoms with van der Waals surface area (Å²) in [5.74, 6) is 0. The zero-order valence-electron chi connectivity index (χ0n) is 19.2. The van der Waals surface area contributed by atoms with Crippen LogP contribution in [0.3, 0.4) is 0 Å². The predicted octanol–water partition coefficient (Wildman–Crippen LogP) is 5.14. The molecule has 5 nitrogen and oxygen atoms in total. The van der Waals surface area contributed by atoms with Crippen molar-refractivity contribution in [1.82, 2.24) is 15.2 Å². The average Bonchev–Trinajstić information content (AvgIpc) is 3.33. The van der Waals surface area contributed by atoms with Crippen LogP contribution in [0.1, 0.15) is 49.7 Å². The molecule has 0 saturated carbocycles. The summed E-state index contributed by atoms with van der Waals surface area (Å²) in [5.41, 5.74) is 2.45. The predicted molar refractivity (Wildman–Crippen MR) is 120 cm³/mol. The Morgan fingerprint density at radius 1 is 1.24 bits per heavy atom. The average molecular weight is 487 g/mol. The van der Waals surface area contributed by atoms with Gasteiger partial charge in [0.2, 0.25) is 0 Å². The van der Waals surface area contributed by atoms with Crippen LogP contribution in [0.15, 0.2) is 30.5 Å². The molecule has 0 aliphatic carbocycles. The minimum Gasteiger partial charge on any atom is -0.352 e. The summed E-state index contributed by atoms with van der Waals surface area (Å²) in [6, 6.07) is 5.49. The fourth-order valence-corrected chi connectivity index (χ4v) is 5.55. The molecular formula is C23H30F4N4OS. The van der Waals surface area contributed by atoms with Gasteiger partial charge in [0.1, 0.15) is 5.54 Å². The van der Waals surface area contributed by atoms with E-state index in [0.717, 1.165) is 29.5 Å². The van der Waals surface area contributed by atoms with Gasteiger partial charge in [0.25, 0.3) is 0 Å². The first-order valence-electron chi connectivity index (χ1n) is 10.8. The van der Waals surface area contributed by atoms with Crippen LogP contribution in [-0.4, -0.2) is 40.7 Å². The van der Waals surface area contributed by atoms with E-state index >= 15 is 0 Å². The third kappa shape index (κ3) is 4.87. The van der Waals surface area contributed by atoms with E-state index in [1.165, 1.54) is 6.07 Å². The molecule has 33 heavy (non-hydrogen) atoms. The maximum Gasteiger partial charge on any atom is 0.411 e. The molecule has 3 N–H and O–H groups in total. The lowest BCUT2D eigenvalue weighted by molar-refractivity contribution is -0.223. The lowest BCUT2D eigenvalue weighted by Gasteiger charge is -2.48. The molecule has 1 saturated heterocycles. The van der Waals surface area contributed by atoms with E-state index < -0.39 is 28.7 Å². The van der Waals surface area contributed by atoms with Gasteiger partial charge in [-0.05, 0) is 77.3 Å². The molecule has 1 aliphatic heterocycles. The largest absolute Gasteiger partial charge is 0.411 e. The number of pyridine rings is 1. The van der Waals surface area contributed by atoms with Crippen LogP contribution < -0.4 is 11.1 Å². The summed E-state index contributed by atoms with van der Waals surface area (Å²) in [6.07, 6.45) is -2.43. The number of carbonyl (C=O) groups excluding carboxylic acids is 1. The molecule has 2 aromatic rings. The topological polar surface area (TPSA) is 71.2 Å². The van der Waals surface area contributed by atoms with E-state index in [1.54, 1.807) is 12.3 Å². The van der Waals surface area contributed by atoms with Gasteiger partial charge in [0, 0.05) is 34.3 Å². The standard InChI is InChI=1S/C23H30F4N4OS/c1-15-5-6-16(13-29-15)20(2,3)31-12-11-22(14-31,10-9-17-7-8-18(24)33-17)21(4,23(25,26)27)30-19(28)32/h5-8,13H,9-12,14H2,1-4H3,(H3,28,30,32). The molecule has 2 atom stereocenters. The van der Waals surface area contributed by atoms with Crippen LogP contribution in [0, 0.1) is 17.5 Å². The Morgan fingerprint density at radius 2 is 1.94 bits per heavy atom. The first kappa shape index (κ1) is 25.4. The number of hydrogen-bond acceptors (Lipinski definition) is 4. The minimum absolute atomic E-state index is 0.0814. The maximum absolute atomic E-state index is 14.5. The first-order valence-corrected chi connectivity index (χ1v) is 11.6. The third-order valence-corrected chi connectivity index (χ3v) is 8.18. The SMILES string of the molecule is Cc1ccc(C(C)(C)N2CCC(CCc3ccc(F)s3)(C(C)(NC(N)=O)C(F)(F)F)C2)cn1. The number of likely N-dealkylation sites (tertiary alicyclic amines) is 1. The number of urea groups is 1. The molecule has 3 heterocycles. The molecule has 1 fully saturated rings. The number of halogens is 4. The molecular weight excluding hydrogens is 456 g/mol. The van der Waals surface area contributed by atoms with E-state index in [-0.39, 0.29) is 30.9 Å². The van der Waals surface area contributed by atoms with Gasteiger partial charge in [-0.2, -0.15) is 17.6 Å². The van der Waals surface area contributed by atoms with Gasteiger partial charge in [0.05, 0.1) is 0 Å². The van der Waals surface area contributed by atoms with E-state index in [1.807, 2.05) is 43.1 Å². The molecule has 10 heteroatoms. The van der Waals surface area contributed by atoms with Crippen LogP contribution in [0.25, 0.3) is 0 Å². The molecule has 0 aromatic carbocycles. The van der Waals surface area contributed by atoms with E-state index in [9.17, 15) is 22.4 Å². The Labute approximate surface area is 195 Å². The Hall–Kier alpha value is -2.20. The fraction of sp³-hybridized carbons (Fsp3) is 0.565. The third-order valence-electron chi connectivity index (χ3n) is 7.24. The van der Waals surface area contributed by atoms with Crippen molar-refractivity contribution in [3.05, 3.63) is 51.7 Å². The highest BCUT2D eigenvalue weighted by Gasteiger charge is 2.66. The second-order valence-electron chi connectivity index (χ2n) is 9.52. The van der Waals surface area contributed by atoms with Gasteiger partial charge >= 0.3 is 12.2 Å². The summed E-state index contributed by atoms with van der Waals surface area (Å²) >= 11 is 0.925. The number of nitrogens with zero attached hydrogens (tertiary/aromatic N) is 2. The fourth-order valence-electron chi connectivity index (χ4n) is 4.82. The smallest absolute Gasteiger partial charge is 0.352 e. The first-order chi connectivity index (χ1) is 15.2. The van der Waals surface area contributed by atoms with Crippen molar-refractivity contribution in [3.8, 4) is 0 Å². The van der Waals surface area contributed by atoms with Crippen molar-refractivity contribution in [3.63, 3.8) is 0 Å². The summed E-state index contributed by atoms with van der Waals surface area (Å²) in [7, 11) is 0. The molecule has 2 amide bonds. The van der Waals surface area contributed by atoms with Gasteiger partial charge in [-0.25, -0.2) is 4.79 Å². The molecule has 0 bridgehead atoms. The second kappa shape index (κ2) is 8.87. The molecule has 2 unspecified atom stereocenters. The maximum atomic E-state index is 14.5. The van der Waals surface area contributed by atoms with Gasteiger partial charge in [0.15, 0.2) is 5.13 Å². The van der Waals surface area contributed by atoms with Crippen LogP contribution >= 0.6 is 11.3 Å². The van der Waals surface area contributed by atoms with Crippen LogP contribution in [0.4, 0.5) is 22.4 Å². The van der Waals surface area contributed by atoms with E-state index in [2.05, 4.69) is 4.98 Å². The number of alkyl halides is 3. The summed E-state index contributed by atoms with van der Waals surface area (Å²) in [4.78, 5) is 18.7. The monoisotopic (exact) mass is 486 g/mol. The Balaban J connectivity index is 2.00. The zero-order valence-corrected chi connectivity index (χ0v) is 20.0. The quantitative estimate of drug-likeness (QED) is 0.533. The Kier molecular flexibility index (Phi) is 6.83. The van der Waals surface area contributed by atoms with Crippen molar-refractivity contribution in [2.75, 3.05) is 13.1 Å². The molecule has 2 aromatic heterocycles. The van der Waals surface area contributed by atoms with Gasteiger partial charge in [-0.1, -0.05) is 6.07 Å². The molecule has 0 spiro atoms. The molecule has 1 aliphatic rings. The van der Waals surface area contributed by atoms with Crippen molar-refractivity contribution in [2.24, 2.45) is 11.1 Å². The number of aromatic nitrogens is 1. The van der Waals surface area contributed by atoms with E-state index in [4.69, 9.17) is 5.73 Å². The van der Waals surface area contributed by atoms with Crippen molar-refractivity contribution in [2.45, 2.75) is 64.2 Å². The lowest BCUT2D eigenvalue weighted by Crippen LogP contribution is -2.68. The van der Waals surface area contributed by atoms with E-state index in [0.29, 0.717) is 11.4 Å². The Morgan fingerprint density at radius 3 is 2.45 bits per heavy atom. The number of aryl methyl sites for hydroxylation is 2. The number of nitrogens with two attached hydrogens (primary N) is 1. The van der Waals surface area contributed by atoms with Crippen LogP contribution in [0.5, 0.6) is 0 Å². The molecule has 182 valence electrons. The van der Waals surface area contributed by atoms with Crippen molar-refractivity contribution in [1.29, 1.82) is 0 Å². The number of carbonyl (C=O) groups is 1. The number of primary amides is 1. The molecule has 0 radical (unpaired) electrons. The number of hydrogen-bond donors (Lipinski definition) is 2. The number of nitrogens with one attached hydrogen (secondary N) is 1. The summed E-state index contributed by atoms with van der Waals surface area (Å²) in [5, 5.41) is 1.66. The van der Waals surface area contributed by atoms with Crippen LogP contribution in [0.2, 0.25) is 0 Å². The van der Waals surface area contributed by atoms with Gasteiger partial charge < -0.3 is 11.1 Å². The minimum atomic E-state index is -4.74. The number of rotatable bonds is 7. The highest BCUT2D eigenvalue weighted by Crippen LogP contribution is 2.53. The highest BCUT2D eigenvalue weighted by molar-refractivity contribution is 7.10. The second-order valence-corrected chi connectivity index (χ2v) is 10.6. The van der Waals surface area contributed by atoms with Gasteiger partial charge in [-0.15, -0.1) is 11.3 Å².